The lowest BCUT2D eigenvalue weighted by molar-refractivity contribution is -0.233. The lowest BCUT2D eigenvalue weighted by Crippen LogP contribution is -2.69. The highest BCUT2D eigenvalue weighted by Crippen LogP contribution is 2.44. The molecular weight excluding hydrogens is 662 g/mol. The lowest BCUT2D eigenvalue weighted by atomic mass is 9.88. The van der Waals surface area contributed by atoms with Crippen molar-refractivity contribution in [3.05, 3.63) is 0 Å². The highest BCUT2D eigenvalue weighted by molar-refractivity contribution is 8.01. The van der Waals surface area contributed by atoms with Crippen molar-refractivity contribution in [2.45, 2.75) is 154 Å². The minimum absolute atomic E-state index is 0.338. The molecule has 15 heteroatoms. The van der Waals surface area contributed by atoms with Gasteiger partial charge in [-0.2, -0.15) is 0 Å². The Hall–Kier alpha value is -3.20. The molecule has 0 bridgehead atoms. The van der Waals surface area contributed by atoms with E-state index in [0.717, 1.165) is 91.0 Å². The second kappa shape index (κ2) is 22.5. The van der Waals surface area contributed by atoms with E-state index in [-0.39, 0.29) is 6.42 Å². The lowest BCUT2D eigenvalue weighted by Gasteiger charge is -2.50. The summed E-state index contributed by atoms with van der Waals surface area (Å²) in [5.74, 6) is -5.24. The van der Waals surface area contributed by atoms with Crippen LogP contribution in [-0.4, -0.2) is 101 Å². The number of thioether (sulfide) groups is 1. The summed E-state index contributed by atoms with van der Waals surface area (Å²) in [4.78, 5) is 87.4. The highest BCUT2D eigenvalue weighted by Gasteiger charge is 2.60. The predicted molar refractivity (Wildman–Crippen MR) is 179 cm³/mol. The molecule has 6 atom stereocenters. The summed E-state index contributed by atoms with van der Waals surface area (Å²) in [5, 5.41) is 0. The van der Waals surface area contributed by atoms with Crippen LogP contribution in [0.3, 0.4) is 0 Å². The first-order valence-corrected chi connectivity index (χ1v) is 17.9. The van der Waals surface area contributed by atoms with Crippen LogP contribution in [0.4, 0.5) is 0 Å². The zero-order valence-corrected chi connectivity index (χ0v) is 31.1. The van der Waals surface area contributed by atoms with Crippen LogP contribution in [0.15, 0.2) is 0 Å². The van der Waals surface area contributed by atoms with E-state index in [2.05, 4.69) is 6.92 Å². The summed E-state index contributed by atoms with van der Waals surface area (Å²) in [5.41, 5.74) is 0. The Balaban J connectivity index is 3.62. The number of amides is 2. The number of unbranched alkanes of at least 4 members (excludes halogenated alkanes) is 9. The smallest absolute Gasteiger partial charge is 0.348 e. The molecule has 1 fully saturated rings. The Bertz CT molecular complexity index is 1120. The van der Waals surface area contributed by atoms with E-state index in [1.165, 1.54) is 32.1 Å². The van der Waals surface area contributed by atoms with Gasteiger partial charge in [-0.25, -0.2) is 4.79 Å². The van der Waals surface area contributed by atoms with E-state index >= 15 is 0 Å². The summed E-state index contributed by atoms with van der Waals surface area (Å²) in [6.45, 7) is 8.15. The fourth-order valence-corrected chi connectivity index (χ4v) is 7.24. The molecule has 1 saturated heterocycles. The van der Waals surface area contributed by atoms with Gasteiger partial charge in [-0.05, 0) is 12.2 Å². The molecule has 1 aliphatic rings. The van der Waals surface area contributed by atoms with Crippen molar-refractivity contribution < 1.29 is 62.0 Å². The number of carbonyl (C=O) groups excluding carboxylic acids is 7. The molecule has 280 valence electrons. The topological polar surface area (TPSA) is 178 Å². The van der Waals surface area contributed by atoms with Crippen molar-refractivity contribution in [1.82, 2.24) is 4.90 Å². The zero-order chi connectivity index (χ0) is 37.1. The number of methoxy groups -OCH3 is 1. The third kappa shape index (κ3) is 15.1. The number of hydrogen-bond acceptors (Lipinski definition) is 14. The number of hydrogen-bond donors (Lipinski definition) is 0. The molecule has 0 aromatic heterocycles. The molecule has 0 aliphatic carbocycles. The molecule has 0 aromatic rings. The van der Waals surface area contributed by atoms with Crippen molar-refractivity contribution in [3.8, 4) is 0 Å². The maximum atomic E-state index is 13.6. The van der Waals surface area contributed by atoms with Crippen molar-refractivity contribution in [2.24, 2.45) is 0 Å². The van der Waals surface area contributed by atoms with Crippen LogP contribution in [0.5, 0.6) is 0 Å². The normalized spacial score (nSPS) is 21.4. The molecule has 0 saturated carbocycles. The Morgan fingerprint density at radius 2 is 1.29 bits per heavy atom. The standard InChI is InChI=1S/C34H55NO13S/c1-9-10-11-12-13-14-15-16-17-18-19-49-34(33(42)43-8)20-28(45-25(5)39)30(35(22(2)36)23(3)37)32(48-34)31(47-27(7)41)29(46-26(6)40)21-44-24(4)38/h28-32H,9-21H2,1-8H3/t28-,29+,30+,31+,32+,34-/m0/s1. The molecule has 1 heterocycles. The van der Waals surface area contributed by atoms with Gasteiger partial charge in [0.1, 0.15) is 24.9 Å². The quantitative estimate of drug-likeness (QED) is 0.0926. The van der Waals surface area contributed by atoms with Gasteiger partial charge in [0.05, 0.1) is 7.11 Å². The summed E-state index contributed by atoms with van der Waals surface area (Å²) >= 11 is 1.09. The number of rotatable bonds is 21. The van der Waals surface area contributed by atoms with E-state index < -0.39 is 83.7 Å². The summed E-state index contributed by atoms with van der Waals surface area (Å²) in [6, 6.07) is -1.48. The van der Waals surface area contributed by atoms with Crippen molar-refractivity contribution >= 4 is 53.4 Å². The van der Waals surface area contributed by atoms with Crippen LogP contribution in [0.1, 0.15) is 119 Å². The fourth-order valence-electron chi connectivity index (χ4n) is 5.90. The van der Waals surface area contributed by atoms with Gasteiger partial charge in [-0.15, -0.1) is 11.8 Å². The van der Waals surface area contributed by atoms with Crippen molar-refractivity contribution in [2.75, 3.05) is 19.5 Å². The van der Waals surface area contributed by atoms with Gasteiger partial charge in [0.15, 0.2) is 12.2 Å². The molecule has 1 aliphatic heterocycles. The first kappa shape index (κ1) is 43.8. The van der Waals surface area contributed by atoms with Crippen LogP contribution in [-0.2, 0) is 62.0 Å². The average molecular weight is 718 g/mol. The molecule has 0 aromatic carbocycles. The van der Waals surface area contributed by atoms with Gasteiger partial charge in [0.25, 0.3) is 0 Å². The van der Waals surface area contributed by atoms with E-state index in [0.29, 0.717) is 12.2 Å². The van der Waals surface area contributed by atoms with Crippen LogP contribution in [0, 0.1) is 0 Å². The van der Waals surface area contributed by atoms with Gasteiger partial charge in [-0.1, -0.05) is 64.7 Å². The maximum Gasteiger partial charge on any atom is 0.348 e. The third-order valence-corrected chi connectivity index (χ3v) is 9.29. The largest absolute Gasteiger partial charge is 0.466 e. The minimum atomic E-state index is -1.88. The van der Waals surface area contributed by atoms with Crippen molar-refractivity contribution in [1.29, 1.82) is 0 Å². The highest BCUT2D eigenvalue weighted by atomic mass is 32.2. The fraction of sp³-hybridized carbons (Fsp3) is 0.794. The molecular formula is C34H55NO13S. The molecule has 0 spiro atoms. The summed E-state index contributed by atoms with van der Waals surface area (Å²) in [7, 11) is 1.15. The van der Waals surface area contributed by atoms with Crippen LogP contribution in [0.2, 0.25) is 0 Å². The average Bonchev–Trinajstić information content (AvgIpc) is 3.00. The third-order valence-electron chi connectivity index (χ3n) is 7.90. The monoisotopic (exact) mass is 717 g/mol. The molecule has 2 amide bonds. The first-order valence-electron chi connectivity index (χ1n) is 17.0. The number of nitrogens with zero attached hydrogens (tertiary/aromatic N) is 1. The van der Waals surface area contributed by atoms with Crippen LogP contribution < -0.4 is 0 Å². The minimum Gasteiger partial charge on any atom is -0.466 e. The van der Waals surface area contributed by atoms with E-state index in [4.69, 9.17) is 28.4 Å². The molecule has 49 heavy (non-hydrogen) atoms. The van der Waals surface area contributed by atoms with Crippen LogP contribution in [0.25, 0.3) is 0 Å². The molecule has 14 nitrogen and oxygen atoms in total. The molecule has 0 radical (unpaired) electrons. The molecule has 0 unspecified atom stereocenters. The number of imide groups is 1. The van der Waals surface area contributed by atoms with Gasteiger partial charge < -0.3 is 28.4 Å². The number of carbonyl (C=O) groups is 7. The SMILES string of the molecule is CCCCCCCCCCCCS[C@]1(C(=O)OC)C[C@H](OC(C)=O)[C@@H](N(C(C)=O)C(C)=O)[C@H]([C@H](OC(C)=O)[C@@H](COC(C)=O)OC(C)=O)O1. The Kier molecular flexibility index (Phi) is 20.1. The van der Waals surface area contributed by atoms with E-state index in [1.54, 1.807) is 0 Å². The van der Waals surface area contributed by atoms with Gasteiger partial charge >= 0.3 is 29.8 Å². The second-order valence-corrected chi connectivity index (χ2v) is 13.5. The first-order chi connectivity index (χ1) is 23.1. The molecule has 0 N–H and O–H groups in total. The Morgan fingerprint density at radius 3 is 1.73 bits per heavy atom. The number of esters is 5. The van der Waals surface area contributed by atoms with Crippen LogP contribution >= 0.6 is 11.8 Å². The maximum absolute atomic E-state index is 13.6. The van der Waals surface area contributed by atoms with E-state index in [9.17, 15) is 33.6 Å². The predicted octanol–water partition coefficient (Wildman–Crippen LogP) is 4.42. The zero-order valence-electron chi connectivity index (χ0n) is 30.2. The van der Waals surface area contributed by atoms with Gasteiger partial charge in [0, 0.05) is 48.0 Å². The van der Waals surface area contributed by atoms with Crippen molar-refractivity contribution in [3.63, 3.8) is 0 Å². The summed E-state index contributed by atoms with van der Waals surface area (Å²) < 4.78 is 33.5. The Labute approximate surface area is 293 Å². The second-order valence-electron chi connectivity index (χ2n) is 12.1. The Morgan fingerprint density at radius 1 is 0.755 bits per heavy atom. The van der Waals surface area contributed by atoms with Gasteiger partial charge in [-0.3, -0.25) is 33.7 Å². The van der Waals surface area contributed by atoms with Gasteiger partial charge in [0.2, 0.25) is 16.7 Å². The molecule has 1 rings (SSSR count). The number of ether oxygens (including phenoxy) is 6. The van der Waals surface area contributed by atoms with E-state index in [1.807, 2.05) is 0 Å². The summed E-state index contributed by atoms with van der Waals surface area (Å²) in [6.07, 6.45) is 4.40.